The second kappa shape index (κ2) is 7.69. The summed E-state index contributed by atoms with van der Waals surface area (Å²) in [6, 6.07) is 7.59. The lowest BCUT2D eigenvalue weighted by molar-refractivity contribution is 0.0524. The van der Waals surface area contributed by atoms with Crippen LogP contribution in [-0.4, -0.2) is 28.9 Å². The maximum Gasteiger partial charge on any atom is 0.347 e. The molecule has 4 heterocycles. The number of rotatable bonds is 6. The number of nitrogens with one attached hydrogen (secondary N) is 1. The number of thiophene rings is 1. The number of aromatic hydroxyl groups is 1. The molecule has 0 atom stereocenters. The molecular formula is C20H17N3O4S. The quantitative estimate of drug-likeness (QED) is 0.597. The third-order valence-corrected chi connectivity index (χ3v) is 4.98. The van der Waals surface area contributed by atoms with Gasteiger partial charge in [0.2, 0.25) is 5.88 Å². The maximum atomic E-state index is 12.4. The number of ether oxygens (including phenoxy) is 1. The highest BCUT2D eigenvalue weighted by atomic mass is 32.1. The summed E-state index contributed by atoms with van der Waals surface area (Å²) >= 11 is 1.58. The first kappa shape index (κ1) is 18.0. The number of allylic oxidation sites excluding steroid dienone is 1. The molecule has 0 amide bonds. The van der Waals surface area contributed by atoms with E-state index in [2.05, 4.69) is 15.3 Å². The molecule has 28 heavy (non-hydrogen) atoms. The lowest BCUT2D eigenvalue weighted by atomic mass is 10.1. The van der Waals surface area contributed by atoms with Crippen LogP contribution in [0.25, 0.3) is 11.6 Å². The average Bonchev–Trinajstić information content (AvgIpc) is 3.41. The molecule has 0 aromatic carbocycles. The van der Waals surface area contributed by atoms with Crippen LogP contribution in [-0.2, 0) is 11.3 Å². The van der Waals surface area contributed by atoms with Crippen LogP contribution in [0.4, 0.5) is 11.7 Å². The fourth-order valence-corrected chi connectivity index (χ4v) is 3.46. The fourth-order valence-electron chi connectivity index (χ4n) is 2.82. The van der Waals surface area contributed by atoms with E-state index in [4.69, 9.17) is 9.15 Å². The van der Waals surface area contributed by atoms with Gasteiger partial charge in [0.1, 0.15) is 0 Å². The van der Waals surface area contributed by atoms with Gasteiger partial charge in [-0.05, 0) is 36.6 Å². The van der Waals surface area contributed by atoms with Gasteiger partial charge in [0, 0.05) is 28.4 Å². The Morgan fingerprint density at radius 1 is 1.39 bits per heavy atom. The monoisotopic (exact) mass is 395 g/mol. The summed E-state index contributed by atoms with van der Waals surface area (Å²) < 4.78 is 10.8. The first-order chi connectivity index (χ1) is 13.7. The van der Waals surface area contributed by atoms with Crippen molar-refractivity contribution in [3.63, 3.8) is 0 Å². The minimum atomic E-state index is -0.649. The standard InChI is InChI=1S/C20H17N3O4S/c1-2-26-20(25)16-17(24)15(27-19(16)23-11-13-5-4-8-28-13)9-12-10-22-18-14(12)6-3-7-21-18/h3-10,23-24H,2,11H2,1H3. The largest absolute Gasteiger partial charge is 0.504 e. The number of nitrogens with zero attached hydrogens (tertiary/aromatic N) is 2. The molecule has 4 rings (SSSR count). The van der Waals surface area contributed by atoms with Crippen molar-refractivity contribution in [2.24, 2.45) is 4.99 Å². The molecule has 0 saturated heterocycles. The Hall–Kier alpha value is -3.39. The molecule has 1 aliphatic heterocycles. The predicted molar refractivity (Wildman–Crippen MR) is 108 cm³/mol. The molecule has 142 valence electrons. The Kier molecular flexibility index (Phi) is 4.94. The van der Waals surface area contributed by atoms with E-state index < -0.39 is 5.97 Å². The molecule has 3 aromatic rings. The minimum Gasteiger partial charge on any atom is -0.504 e. The van der Waals surface area contributed by atoms with Crippen molar-refractivity contribution in [3.05, 3.63) is 57.6 Å². The van der Waals surface area contributed by atoms with Crippen LogP contribution in [0.3, 0.4) is 0 Å². The second-order valence-corrected chi connectivity index (χ2v) is 6.94. The highest BCUT2D eigenvalue weighted by molar-refractivity contribution is 7.09. The van der Waals surface area contributed by atoms with Crippen LogP contribution in [0.1, 0.15) is 33.5 Å². The van der Waals surface area contributed by atoms with Crippen LogP contribution in [0.15, 0.2) is 45.3 Å². The Morgan fingerprint density at radius 2 is 2.29 bits per heavy atom. The average molecular weight is 395 g/mol. The predicted octanol–water partition coefficient (Wildman–Crippen LogP) is 4.49. The van der Waals surface area contributed by atoms with Gasteiger partial charge in [-0.25, -0.2) is 14.8 Å². The fraction of sp³-hybridized carbons (Fsp3) is 0.150. The number of hydrogen-bond donors (Lipinski definition) is 2. The van der Waals surface area contributed by atoms with Gasteiger partial charge in [0.05, 0.1) is 13.2 Å². The van der Waals surface area contributed by atoms with Crippen molar-refractivity contribution in [2.45, 2.75) is 13.5 Å². The minimum absolute atomic E-state index is 0.0217. The molecule has 7 nitrogen and oxygen atoms in total. The number of anilines is 1. The number of fused-ring (bicyclic) bond motifs is 1. The number of carbonyl (C=O) groups is 1. The molecule has 0 fully saturated rings. The zero-order chi connectivity index (χ0) is 19.5. The van der Waals surface area contributed by atoms with Gasteiger partial charge in [0.25, 0.3) is 0 Å². The molecule has 8 heteroatoms. The lowest BCUT2D eigenvalue weighted by Gasteiger charge is -2.04. The topological polar surface area (TPSA) is 97.0 Å². The van der Waals surface area contributed by atoms with E-state index in [1.165, 1.54) is 0 Å². The highest BCUT2D eigenvalue weighted by Crippen LogP contribution is 2.38. The van der Waals surface area contributed by atoms with Crippen LogP contribution in [0, 0.1) is 0 Å². The summed E-state index contributed by atoms with van der Waals surface area (Å²) in [5.41, 5.74) is 1.53. The summed E-state index contributed by atoms with van der Waals surface area (Å²) in [5.74, 6) is -0.0107. The smallest absolute Gasteiger partial charge is 0.347 e. The van der Waals surface area contributed by atoms with Gasteiger partial charge in [0.15, 0.2) is 22.9 Å². The molecule has 1 aliphatic rings. The van der Waals surface area contributed by atoms with Crippen molar-refractivity contribution in [3.8, 4) is 5.75 Å². The summed E-state index contributed by atoms with van der Waals surface area (Å²) in [4.78, 5) is 21.8. The van der Waals surface area contributed by atoms with Gasteiger partial charge in [-0.2, -0.15) is 0 Å². The van der Waals surface area contributed by atoms with Gasteiger partial charge < -0.3 is 19.6 Å². The summed E-state index contributed by atoms with van der Waals surface area (Å²) in [6.07, 6.45) is 4.93. The van der Waals surface area contributed by atoms with Gasteiger partial charge in [-0.3, -0.25) is 0 Å². The summed E-state index contributed by atoms with van der Waals surface area (Å²) in [7, 11) is 0. The number of esters is 1. The Bertz CT molecular complexity index is 1070. The van der Waals surface area contributed by atoms with E-state index in [0.717, 1.165) is 16.0 Å². The molecule has 0 bridgehead atoms. The number of pyridine rings is 1. The van der Waals surface area contributed by atoms with Crippen LogP contribution in [0.5, 0.6) is 5.75 Å². The van der Waals surface area contributed by atoms with Crippen molar-refractivity contribution >= 4 is 46.9 Å². The number of carbonyl (C=O) groups excluding carboxylic acids is 1. The van der Waals surface area contributed by atoms with E-state index in [0.29, 0.717) is 12.4 Å². The Balaban J connectivity index is 1.70. The molecule has 0 spiro atoms. The molecular weight excluding hydrogens is 378 g/mol. The van der Waals surface area contributed by atoms with Crippen molar-refractivity contribution < 1.29 is 19.1 Å². The number of aromatic nitrogens is 1. The first-order valence-corrected chi connectivity index (χ1v) is 9.55. The molecule has 2 N–H and O–H groups in total. The molecule has 0 aliphatic carbocycles. The van der Waals surface area contributed by atoms with Crippen molar-refractivity contribution in [1.29, 1.82) is 0 Å². The van der Waals surface area contributed by atoms with Gasteiger partial charge in [-0.1, -0.05) is 6.07 Å². The number of furan rings is 1. The van der Waals surface area contributed by atoms with Gasteiger partial charge in [-0.15, -0.1) is 11.3 Å². The van der Waals surface area contributed by atoms with E-state index in [1.54, 1.807) is 42.8 Å². The van der Waals surface area contributed by atoms with Crippen LogP contribution >= 0.6 is 11.3 Å². The normalized spacial score (nSPS) is 13.7. The zero-order valence-corrected chi connectivity index (χ0v) is 15.8. The number of aliphatic imine (C=N–C) groups is 1. The first-order valence-electron chi connectivity index (χ1n) is 8.67. The van der Waals surface area contributed by atoms with Crippen molar-refractivity contribution in [2.75, 3.05) is 11.9 Å². The molecule has 0 radical (unpaired) electrons. The van der Waals surface area contributed by atoms with E-state index >= 15 is 0 Å². The highest BCUT2D eigenvalue weighted by Gasteiger charge is 2.27. The van der Waals surface area contributed by atoms with Crippen molar-refractivity contribution in [1.82, 2.24) is 4.98 Å². The molecule has 0 saturated carbocycles. The van der Waals surface area contributed by atoms with E-state index in [1.807, 2.05) is 23.6 Å². The van der Waals surface area contributed by atoms with Crippen LogP contribution in [0.2, 0.25) is 0 Å². The van der Waals surface area contributed by atoms with E-state index in [9.17, 15) is 9.90 Å². The van der Waals surface area contributed by atoms with Crippen LogP contribution < -0.4 is 5.32 Å². The number of hydrogen-bond acceptors (Lipinski definition) is 8. The molecule has 3 aromatic heterocycles. The summed E-state index contributed by atoms with van der Waals surface area (Å²) in [6.45, 7) is 2.35. The Morgan fingerprint density at radius 3 is 3.07 bits per heavy atom. The SMILES string of the molecule is CCOC(=O)c1c(NCc2cccs2)oc(C=C2C=Nc3ncccc32)c1O. The van der Waals surface area contributed by atoms with Gasteiger partial charge >= 0.3 is 5.97 Å². The Labute approximate surface area is 165 Å². The maximum absolute atomic E-state index is 12.4. The van der Waals surface area contributed by atoms with E-state index in [-0.39, 0.29) is 29.6 Å². The zero-order valence-electron chi connectivity index (χ0n) is 15.0. The third-order valence-electron chi connectivity index (χ3n) is 4.10. The summed E-state index contributed by atoms with van der Waals surface area (Å²) in [5, 5.41) is 15.7. The second-order valence-electron chi connectivity index (χ2n) is 5.90. The molecule has 0 unspecified atom stereocenters. The lowest BCUT2D eigenvalue weighted by Crippen LogP contribution is -2.07. The third kappa shape index (κ3) is 3.41.